The number of nitrogens with one attached hydrogen (secondary N) is 1. The second kappa shape index (κ2) is 7.21. The third-order valence-electron chi connectivity index (χ3n) is 3.36. The number of imidazole rings is 1. The van der Waals surface area contributed by atoms with Crippen molar-refractivity contribution in [3.8, 4) is 0 Å². The Labute approximate surface area is 109 Å². The van der Waals surface area contributed by atoms with Crippen LogP contribution in [0.25, 0.3) is 0 Å². The van der Waals surface area contributed by atoms with Crippen molar-refractivity contribution in [2.75, 3.05) is 18.5 Å². The van der Waals surface area contributed by atoms with Crippen molar-refractivity contribution in [1.29, 1.82) is 0 Å². The summed E-state index contributed by atoms with van der Waals surface area (Å²) < 4.78 is 8.01. The number of hydrogen-bond acceptors (Lipinski definition) is 3. The van der Waals surface area contributed by atoms with Crippen molar-refractivity contribution in [1.82, 2.24) is 9.55 Å². The molecule has 2 rings (SSSR count). The summed E-state index contributed by atoms with van der Waals surface area (Å²) in [6.07, 6.45) is 12.6. The van der Waals surface area contributed by atoms with Gasteiger partial charge in [-0.05, 0) is 12.8 Å². The van der Waals surface area contributed by atoms with Crippen molar-refractivity contribution in [3.05, 3.63) is 25.0 Å². The SMILES string of the molecule is C=CCNc1nccn1CCOC1CCCCC1. The predicted octanol–water partition coefficient (Wildman–Crippen LogP) is 2.83. The zero-order valence-corrected chi connectivity index (χ0v) is 11.0. The van der Waals surface area contributed by atoms with Gasteiger partial charge in [-0.15, -0.1) is 6.58 Å². The van der Waals surface area contributed by atoms with Crippen LogP contribution in [0.15, 0.2) is 25.0 Å². The second-order valence-electron chi connectivity index (χ2n) is 4.74. The van der Waals surface area contributed by atoms with Crippen molar-refractivity contribution in [3.63, 3.8) is 0 Å². The van der Waals surface area contributed by atoms with Crippen LogP contribution in [-0.4, -0.2) is 28.8 Å². The van der Waals surface area contributed by atoms with Crippen LogP contribution in [0.4, 0.5) is 5.95 Å². The van der Waals surface area contributed by atoms with Gasteiger partial charge in [-0.3, -0.25) is 0 Å². The highest BCUT2D eigenvalue weighted by atomic mass is 16.5. The largest absolute Gasteiger partial charge is 0.376 e. The fourth-order valence-electron chi connectivity index (χ4n) is 2.37. The van der Waals surface area contributed by atoms with E-state index in [1.807, 2.05) is 18.5 Å². The third kappa shape index (κ3) is 3.88. The maximum absolute atomic E-state index is 5.92. The van der Waals surface area contributed by atoms with Gasteiger partial charge >= 0.3 is 0 Å². The Morgan fingerprint density at radius 3 is 3.06 bits per heavy atom. The molecule has 0 unspecified atom stereocenters. The fourth-order valence-corrected chi connectivity index (χ4v) is 2.37. The molecule has 0 spiro atoms. The number of hydrogen-bond donors (Lipinski definition) is 1. The number of aromatic nitrogens is 2. The predicted molar refractivity (Wildman–Crippen MR) is 73.7 cm³/mol. The van der Waals surface area contributed by atoms with Gasteiger partial charge in [0.1, 0.15) is 0 Å². The van der Waals surface area contributed by atoms with Crippen molar-refractivity contribution < 1.29 is 4.74 Å². The first kappa shape index (κ1) is 13.1. The van der Waals surface area contributed by atoms with Crippen LogP contribution >= 0.6 is 0 Å². The van der Waals surface area contributed by atoms with Crippen LogP contribution in [0, 0.1) is 0 Å². The second-order valence-corrected chi connectivity index (χ2v) is 4.74. The molecule has 0 radical (unpaired) electrons. The van der Waals surface area contributed by atoms with E-state index in [0.29, 0.717) is 6.10 Å². The molecular formula is C14H23N3O. The van der Waals surface area contributed by atoms with E-state index in [1.54, 1.807) is 0 Å². The van der Waals surface area contributed by atoms with Gasteiger partial charge in [0.15, 0.2) is 0 Å². The minimum atomic E-state index is 0.479. The highest BCUT2D eigenvalue weighted by molar-refractivity contribution is 5.26. The van der Waals surface area contributed by atoms with E-state index >= 15 is 0 Å². The zero-order chi connectivity index (χ0) is 12.6. The average Bonchev–Trinajstić information content (AvgIpc) is 2.85. The summed E-state index contributed by atoms with van der Waals surface area (Å²) in [7, 11) is 0. The van der Waals surface area contributed by atoms with Crippen LogP contribution in [-0.2, 0) is 11.3 Å². The highest BCUT2D eigenvalue weighted by Crippen LogP contribution is 2.20. The van der Waals surface area contributed by atoms with Crippen molar-refractivity contribution in [2.24, 2.45) is 0 Å². The van der Waals surface area contributed by atoms with Crippen LogP contribution < -0.4 is 5.32 Å². The topological polar surface area (TPSA) is 39.1 Å². The first-order valence-electron chi connectivity index (χ1n) is 6.87. The first-order valence-corrected chi connectivity index (χ1v) is 6.87. The molecule has 0 amide bonds. The van der Waals surface area contributed by atoms with Crippen molar-refractivity contribution >= 4 is 5.95 Å². The Bertz CT molecular complexity index is 356. The summed E-state index contributed by atoms with van der Waals surface area (Å²) in [4.78, 5) is 4.27. The molecule has 1 aliphatic carbocycles. The third-order valence-corrected chi connectivity index (χ3v) is 3.36. The summed E-state index contributed by atoms with van der Waals surface area (Å²) in [5.74, 6) is 0.891. The molecule has 1 fully saturated rings. The van der Waals surface area contributed by atoms with Gasteiger partial charge in [0.2, 0.25) is 5.95 Å². The number of nitrogens with zero attached hydrogens (tertiary/aromatic N) is 2. The summed E-state index contributed by atoms with van der Waals surface area (Å²) in [5.41, 5.74) is 0. The molecule has 1 heterocycles. The Morgan fingerprint density at radius 2 is 2.28 bits per heavy atom. The normalized spacial score (nSPS) is 16.7. The fraction of sp³-hybridized carbons (Fsp3) is 0.643. The molecule has 0 aliphatic heterocycles. The Morgan fingerprint density at radius 1 is 1.44 bits per heavy atom. The highest BCUT2D eigenvalue weighted by Gasteiger charge is 2.13. The molecule has 1 aliphatic rings. The summed E-state index contributed by atoms with van der Waals surface area (Å²) in [6.45, 7) is 6.05. The molecule has 4 heteroatoms. The maximum Gasteiger partial charge on any atom is 0.203 e. The molecule has 0 atom stereocenters. The lowest BCUT2D eigenvalue weighted by atomic mass is 9.98. The van der Waals surface area contributed by atoms with Gasteiger partial charge in [0.05, 0.1) is 12.7 Å². The number of ether oxygens (including phenoxy) is 1. The Kier molecular flexibility index (Phi) is 5.27. The van der Waals surface area contributed by atoms with Crippen molar-refractivity contribution in [2.45, 2.75) is 44.8 Å². The van der Waals surface area contributed by atoms with Crippen LogP contribution in [0.1, 0.15) is 32.1 Å². The molecule has 1 saturated carbocycles. The molecule has 0 bridgehead atoms. The monoisotopic (exact) mass is 249 g/mol. The van der Waals surface area contributed by atoms with Crippen LogP contribution in [0.3, 0.4) is 0 Å². The standard InChI is InChI=1S/C14H23N3O/c1-2-8-15-14-16-9-10-17(14)11-12-18-13-6-4-3-5-7-13/h2,9-10,13H,1,3-8,11-12H2,(H,15,16). The zero-order valence-electron chi connectivity index (χ0n) is 11.0. The number of anilines is 1. The lowest BCUT2D eigenvalue weighted by Gasteiger charge is -2.22. The van der Waals surface area contributed by atoms with E-state index in [2.05, 4.69) is 21.4 Å². The van der Waals surface area contributed by atoms with E-state index in [1.165, 1.54) is 32.1 Å². The molecule has 100 valence electrons. The smallest absolute Gasteiger partial charge is 0.203 e. The minimum Gasteiger partial charge on any atom is -0.376 e. The van der Waals surface area contributed by atoms with E-state index < -0.39 is 0 Å². The molecular weight excluding hydrogens is 226 g/mol. The molecule has 1 N–H and O–H groups in total. The van der Waals surface area contributed by atoms with Crippen LogP contribution in [0.2, 0.25) is 0 Å². The van der Waals surface area contributed by atoms with E-state index in [0.717, 1.165) is 25.6 Å². The average molecular weight is 249 g/mol. The molecule has 0 aromatic carbocycles. The number of rotatable bonds is 7. The molecule has 1 aromatic rings. The summed E-state index contributed by atoms with van der Waals surface area (Å²) in [6, 6.07) is 0. The van der Waals surface area contributed by atoms with Gasteiger partial charge in [0.25, 0.3) is 0 Å². The molecule has 4 nitrogen and oxygen atoms in total. The summed E-state index contributed by atoms with van der Waals surface area (Å²) in [5, 5.41) is 3.21. The van der Waals surface area contributed by atoms with Gasteiger partial charge in [-0.1, -0.05) is 25.3 Å². The van der Waals surface area contributed by atoms with Gasteiger partial charge < -0.3 is 14.6 Å². The van der Waals surface area contributed by atoms with Gasteiger partial charge in [-0.2, -0.15) is 0 Å². The van der Waals surface area contributed by atoms with E-state index in [4.69, 9.17) is 4.74 Å². The molecule has 1 aromatic heterocycles. The van der Waals surface area contributed by atoms with Gasteiger partial charge in [0, 0.05) is 25.5 Å². The van der Waals surface area contributed by atoms with Crippen LogP contribution in [0.5, 0.6) is 0 Å². The quantitative estimate of drug-likeness (QED) is 0.755. The van der Waals surface area contributed by atoms with Gasteiger partial charge in [-0.25, -0.2) is 4.98 Å². The maximum atomic E-state index is 5.92. The van der Waals surface area contributed by atoms with E-state index in [9.17, 15) is 0 Å². The molecule has 0 saturated heterocycles. The van der Waals surface area contributed by atoms with E-state index in [-0.39, 0.29) is 0 Å². The molecule has 18 heavy (non-hydrogen) atoms. The minimum absolute atomic E-state index is 0.479. The summed E-state index contributed by atoms with van der Waals surface area (Å²) >= 11 is 0. The Balaban J connectivity index is 1.72. The Hall–Kier alpha value is -1.29. The lowest BCUT2D eigenvalue weighted by molar-refractivity contribution is 0.0243. The lowest BCUT2D eigenvalue weighted by Crippen LogP contribution is -2.19. The first-order chi connectivity index (χ1) is 8.90.